The molecule has 2 fully saturated rings. The Kier molecular flexibility index (Phi) is 7.26. The molecule has 126 valence electrons. The van der Waals surface area contributed by atoms with Gasteiger partial charge >= 0.3 is 0 Å². The quantitative estimate of drug-likeness (QED) is 0.860. The van der Waals surface area contributed by atoms with Gasteiger partial charge in [0.05, 0.1) is 6.10 Å². The van der Waals surface area contributed by atoms with Crippen LogP contribution in [0.25, 0.3) is 0 Å². The Balaban J connectivity index is 0.00000121. The van der Waals surface area contributed by atoms with Crippen molar-refractivity contribution in [3.8, 4) is 0 Å². The molecule has 0 aliphatic carbocycles. The van der Waals surface area contributed by atoms with E-state index in [-0.39, 0.29) is 30.9 Å². The number of halogens is 2. The monoisotopic (exact) mass is 347 g/mol. The predicted molar refractivity (Wildman–Crippen MR) is 98.2 cm³/mol. The molecular formula is C16H27Cl2N3O. The van der Waals surface area contributed by atoms with Crippen molar-refractivity contribution >= 4 is 36.2 Å². The zero-order valence-electron chi connectivity index (χ0n) is 13.3. The number of rotatable bonds is 2. The minimum atomic E-state index is -0.165. The van der Waals surface area contributed by atoms with E-state index in [2.05, 4.69) is 47.2 Å². The molecule has 0 unspecified atom stereocenters. The van der Waals surface area contributed by atoms with Gasteiger partial charge in [-0.05, 0) is 44.0 Å². The van der Waals surface area contributed by atoms with Gasteiger partial charge in [-0.15, -0.1) is 24.8 Å². The minimum absolute atomic E-state index is 0. The van der Waals surface area contributed by atoms with Crippen LogP contribution in [0.3, 0.4) is 0 Å². The molecule has 2 aliphatic rings. The summed E-state index contributed by atoms with van der Waals surface area (Å²) in [6, 6.07) is 7.29. The van der Waals surface area contributed by atoms with Gasteiger partial charge in [-0.25, -0.2) is 0 Å². The third-order valence-corrected chi connectivity index (χ3v) is 4.52. The third kappa shape index (κ3) is 3.99. The zero-order chi connectivity index (χ0) is 14.1. The molecule has 0 amide bonds. The van der Waals surface area contributed by atoms with Crippen molar-refractivity contribution in [1.29, 1.82) is 0 Å². The second-order valence-electron chi connectivity index (χ2n) is 6.11. The molecule has 2 aliphatic heterocycles. The summed E-state index contributed by atoms with van der Waals surface area (Å²) in [6.07, 6.45) is 0.720. The lowest BCUT2D eigenvalue weighted by atomic mass is 10.1. The smallest absolute Gasteiger partial charge is 0.0731 e. The summed E-state index contributed by atoms with van der Waals surface area (Å²) in [4.78, 5) is 4.77. The molecule has 2 atom stereocenters. The van der Waals surface area contributed by atoms with Crippen molar-refractivity contribution in [3.63, 3.8) is 0 Å². The summed E-state index contributed by atoms with van der Waals surface area (Å²) < 4.78 is 0. The second-order valence-corrected chi connectivity index (χ2v) is 6.11. The summed E-state index contributed by atoms with van der Waals surface area (Å²) in [5, 5.41) is 13.1. The van der Waals surface area contributed by atoms with Gasteiger partial charge < -0.3 is 20.2 Å². The molecule has 6 heteroatoms. The Morgan fingerprint density at radius 2 is 2.00 bits per heavy atom. The number of piperazine rings is 1. The van der Waals surface area contributed by atoms with Crippen LogP contribution in [0.15, 0.2) is 18.2 Å². The Morgan fingerprint density at radius 3 is 2.59 bits per heavy atom. The summed E-state index contributed by atoms with van der Waals surface area (Å²) in [6.45, 7) is 9.36. The summed E-state index contributed by atoms with van der Waals surface area (Å²) in [5.74, 6) is 0. The number of benzene rings is 1. The van der Waals surface area contributed by atoms with E-state index in [1.165, 1.54) is 16.9 Å². The molecule has 1 aromatic rings. The van der Waals surface area contributed by atoms with Gasteiger partial charge in [-0.1, -0.05) is 0 Å². The number of β-amino-alcohol motifs (C(OH)–C–C–N with tert-alkyl or cyclic N) is 1. The van der Waals surface area contributed by atoms with E-state index in [4.69, 9.17) is 0 Å². The molecule has 2 saturated heterocycles. The fourth-order valence-electron chi connectivity index (χ4n) is 3.36. The number of hydrogen-bond donors (Lipinski definition) is 2. The molecule has 3 rings (SSSR count). The van der Waals surface area contributed by atoms with Gasteiger partial charge in [0.15, 0.2) is 0 Å². The van der Waals surface area contributed by atoms with E-state index in [0.29, 0.717) is 6.04 Å². The molecule has 0 radical (unpaired) electrons. The minimum Gasteiger partial charge on any atom is -0.391 e. The first-order chi connectivity index (χ1) is 9.65. The number of aliphatic hydroxyl groups is 1. The normalized spacial score (nSPS) is 24.7. The van der Waals surface area contributed by atoms with Crippen molar-refractivity contribution in [1.82, 2.24) is 5.32 Å². The average Bonchev–Trinajstić information content (AvgIpc) is 2.85. The zero-order valence-corrected chi connectivity index (χ0v) is 14.9. The highest BCUT2D eigenvalue weighted by Crippen LogP contribution is 2.29. The van der Waals surface area contributed by atoms with E-state index in [1.807, 2.05) is 0 Å². The first-order valence-corrected chi connectivity index (χ1v) is 7.66. The summed E-state index contributed by atoms with van der Waals surface area (Å²) in [7, 11) is 0. The van der Waals surface area contributed by atoms with E-state index in [9.17, 15) is 5.11 Å². The van der Waals surface area contributed by atoms with Gasteiger partial charge in [0, 0.05) is 50.1 Å². The first-order valence-electron chi connectivity index (χ1n) is 7.66. The van der Waals surface area contributed by atoms with E-state index in [0.717, 1.165) is 39.1 Å². The lowest BCUT2D eigenvalue weighted by Crippen LogP contribution is -2.49. The van der Waals surface area contributed by atoms with Crippen molar-refractivity contribution in [2.45, 2.75) is 32.4 Å². The van der Waals surface area contributed by atoms with Crippen LogP contribution in [0.1, 0.15) is 18.9 Å². The number of nitrogens with zero attached hydrogens (tertiary/aromatic N) is 2. The fourth-order valence-corrected chi connectivity index (χ4v) is 3.36. The van der Waals surface area contributed by atoms with Crippen LogP contribution in [0, 0.1) is 6.92 Å². The molecule has 0 spiro atoms. The largest absolute Gasteiger partial charge is 0.391 e. The first kappa shape index (κ1) is 19.4. The van der Waals surface area contributed by atoms with E-state index < -0.39 is 0 Å². The molecule has 22 heavy (non-hydrogen) atoms. The van der Waals surface area contributed by atoms with Crippen LogP contribution in [-0.4, -0.2) is 50.0 Å². The van der Waals surface area contributed by atoms with Crippen molar-refractivity contribution < 1.29 is 5.11 Å². The van der Waals surface area contributed by atoms with Crippen LogP contribution in [0.2, 0.25) is 0 Å². The maximum absolute atomic E-state index is 9.69. The molecular weight excluding hydrogens is 321 g/mol. The predicted octanol–water partition coefficient (Wildman–Crippen LogP) is 2.21. The van der Waals surface area contributed by atoms with E-state index in [1.54, 1.807) is 0 Å². The molecule has 2 N–H and O–H groups in total. The van der Waals surface area contributed by atoms with Crippen LogP contribution in [0.5, 0.6) is 0 Å². The summed E-state index contributed by atoms with van der Waals surface area (Å²) in [5.41, 5.74) is 3.90. The maximum Gasteiger partial charge on any atom is 0.0731 e. The lowest BCUT2D eigenvalue weighted by molar-refractivity contribution is 0.198. The number of aryl methyl sites for hydroxylation is 1. The van der Waals surface area contributed by atoms with Crippen LogP contribution < -0.4 is 15.1 Å². The van der Waals surface area contributed by atoms with Crippen LogP contribution in [-0.2, 0) is 0 Å². The highest BCUT2D eigenvalue weighted by Gasteiger charge is 2.23. The number of anilines is 2. The average molecular weight is 348 g/mol. The Hall–Kier alpha value is -0.680. The highest BCUT2D eigenvalue weighted by molar-refractivity contribution is 5.85. The SMILES string of the molecule is Cc1cc(N2CCNC[C@H]2C)ccc1N1CC[C@@H](O)C1.Cl.Cl. The summed E-state index contributed by atoms with van der Waals surface area (Å²) >= 11 is 0. The molecule has 0 saturated carbocycles. The van der Waals surface area contributed by atoms with Crippen molar-refractivity contribution in [2.24, 2.45) is 0 Å². The Bertz CT molecular complexity index is 486. The molecule has 0 aromatic heterocycles. The molecule has 0 bridgehead atoms. The third-order valence-electron chi connectivity index (χ3n) is 4.52. The standard InChI is InChI=1S/C16H25N3O.2ClH/c1-12-9-14(19-8-6-17-10-13(19)2)3-4-16(12)18-7-5-15(20)11-18;;/h3-4,9,13,15,17,20H,5-8,10-11H2,1-2H3;2*1H/t13-,15-;;/m1../s1. The van der Waals surface area contributed by atoms with Crippen molar-refractivity contribution in [2.75, 3.05) is 42.5 Å². The fraction of sp³-hybridized carbons (Fsp3) is 0.625. The number of aliphatic hydroxyl groups excluding tert-OH is 1. The Morgan fingerprint density at radius 1 is 1.23 bits per heavy atom. The van der Waals surface area contributed by atoms with Gasteiger partial charge in [-0.2, -0.15) is 0 Å². The highest BCUT2D eigenvalue weighted by atomic mass is 35.5. The molecule has 1 aromatic carbocycles. The van der Waals surface area contributed by atoms with Gasteiger partial charge in [0.2, 0.25) is 0 Å². The van der Waals surface area contributed by atoms with Gasteiger partial charge in [0.1, 0.15) is 0 Å². The number of hydrogen-bond acceptors (Lipinski definition) is 4. The van der Waals surface area contributed by atoms with E-state index >= 15 is 0 Å². The van der Waals surface area contributed by atoms with Gasteiger partial charge in [-0.3, -0.25) is 0 Å². The molecule has 4 nitrogen and oxygen atoms in total. The second kappa shape index (κ2) is 8.25. The molecule has 2 heterocycles. The maximum atomic E-state index is 9.69. The lowest BCUT2D eigenvalue weighted by Gasteiger charge is -2.36. The van der Waals surface area contributed by atoms with Gasteiger partial charge in [0.25, 0.3) is 0 Å². The number of nitrogens with one attached hydrogen (secondary N) is 1. The van der Waals surface area contributed by atoms with Crippen LogP contribution >= 0.6 is 24.8 Å². The van der Waals surface area contributed by atoms with Crippen molar-refractivity contribution in [3.05, 3.63) is 23.8 Å². The Labute approximate surface area is 145 Å². The topological polar surface area (TPSA) is 38.7 Å². The van der Waals surface area contributed by atoms with Crippen LogP contribution in [0.4, 0.5) is 11.4 Å².